The highest BCUT2D eigenvalue weighted by molar-refractivity contribution is 7.18. The minimum atomic E-state index is -0.273. The van der Waals surface area contributed by atoms with Gasteiger partial charge in [-0.2, -0.15) is 4.99 Å². The summed E-state index contributed by atoms with van der Waals surface area (Å²) >= 11 is 8.59. The molecule has 0 aliphatic rings. The van der Waals surface area contributed by atoms with Crippen molar-refractivity contribution in [2.45, 2.75) is 13.5 Å². The number of thiazole rings is 1. The van der Waals surface area contributed by atoms with Gasteiger partial charge in [-0.3, -0.25) is 4.79 Å². The molecular weight excluding hydrogens is 340 g/mol. The Kier molecular flexibility index (Phi) is 4.33. The second kappa shape index (κ2) is 6.24. The number of methoxy groups -OCH3 is 1. The maximum atomic E-state index is 12.3. The van der Waals surface area contributed by atoms with Crippen LogP contribution < -0.4 is 9.54 Å². The lowest BCUT2D eigenvalue weighted by molar-refractivity contribution is 0.100. The van der Waals surface area contributed by atoms with Crippen LogP contribution >= 0.6 is 34.3 Å². The van der Waals surface area contributed by atoms with Crippen molar-refractivity contribution in [2.24, 2.45) is 4.99 Å². The van der Waals surface area contributed by atoms with Crippen LogP contribution in [0.4, 0.5) is 0 Å². The van der Waals surface area contributed by atoms with Gasteiger partial charge in [0.05, 0.1) is 21.0 Å². The molecule has 1 aromatic carbocycles. The van der Waals surface area contributed by atoms with Gasteiger partial charge in [0.2, 0.25) is 0 Å². The van der Waals surface area contributed by atoms with Crippen LogP contribution in [0.1, 0.15) is 16.6 Å². The first-order valence-electron chi connectivity index (χ1n) is 6.64. The Hall–Kier alpha value is -1.63. The molecule has 3 rings (SSSR count). The van der Waals surface area contributed by atoms with E-state index in [0.29, 0.717) is 20.6 Å². The van der Waals surface area contributed by atoms with E-state index in [2.05, 4.69) is 4.99 Å². The maximum absolute atomic E-state index is 12.3. The monoisotopic (exact) mass is 352 g/mol. The fraction of sp³-hybridized carbons (Fsp3) is 0.200. The third-order valence-corrected chi connectivity index (χ3v) is 5.44. The number of carbonyl (C=O) groups excluding carboxylic acids is 1. The molecular formula is C15H13ClN2O2S2. The lowest BCUT2D eigenvalue weighted by atomic mass is 10.3. The number of aryl methyl sites for hydroxylation is 1. The molecule has 0 aliphatic carbocycles. The van der Waals surface area contributed by atoms with Crippen LogP contribution in [0.2, 0.25) is 4.34 Å². The number of aromatic nitrogens is 1. The number of hydrogen-bond donors (Lipinski definition) is 0. The van der Waals surface area contributed by atoms with Crippen molar-refractivity contribution in [3.63, 3.8) is 0 Å². The highest BCUT2D eigenvalue weighted by Gasteiger charge is 2.12. The molecule has 0 saturated carbocycles. The third kappa shape index (κ3) is 2.69. The number of hydrogen-bond acceptors (Lipinski definition) is 4. The summed E-state index contributed by atoms with van der Waals surface area (Å²) in [5, 5.41) is 0. The smallest absolute Gasteiger partial charge is 0.289 e. The molecule has 3 aromatic rings. The summed E-state index contributed by atoms with van der Waals surface area (Å²) < 4.78 is 9.03. The van der Waals surface area contributed by atoms with E-state index >= 15 is 0 Å². The number of thiophene rings is 1. The molecule has 0 atom stereocenters. The number of carbonyl (C=O) groups is 1. The molecule has 0 radical (unpaired) electrons. The van der Waals surface area contributed by atoms with E-state index in [1.54, 1.807) is 19.2 Å². The van der Waals surface area contributed by atoms with Gasteiger partial charge in [0.25, 0.3) is 5.91 Å². The van der Waals surface area contributed by atoms with Crippen molar-refractivity contribution in [2.75, 3.05) is 7.11 Å². The molecule has 4 nitrogen and oxygen atoms in total. The highest BCUT2D eigenvalue weighted by Crippen LogP contribution is 2.27. The van der Waals surface area contributed by atoms with Crippen molar-refractivity contribution in [1.29, 1.82) is 0 Å². The topological polar surface area (TPSA) is 43.6 Å². The molecule has 1 amide bonds. The van der Waals surface area contributed by atoms with E-state index in [-0.39, 0.29) is 5.91 Å². The summed E-state index contributed by atoms with van der Waals surface area (Å²) in [4.78, 5) is 17.7. The quantitative estimate of drug-likeness (QED) is 0.709. The van der Waals surface area contributed by atoms with Crippen LogP contribution in [0.25, 0.3) is 10.2 Å². The lowest BCUT2D eigenvalue weighted by Crippen LogP contribution is -2.15. The van der Waals surface area contributed by atoms with Crippen molar-refractivity contribution in [3.05, 3.63) is 44.3 Å². The Morgan fingerprint density at radius 3 is 2.77 bits per heavy atom. The van der Waals surface area contributed by atoms with Gasteiger partial charge in [0.15, 0.2) is 4.80 Å². The number of rotatable bonds is 3. The predicted molar refractivity (Wildman–Crippen MR) is 91.3 cm³/mol. The average Bonchev–Trinajstić information content (AvgIpc) is 3.09. The second-order valence-electron chi connectivity index (χ2n) is 4.46. The Morgan fingerprint density at radius 1 is 1.32 bits per heavy atom. The standard InChI is InChI=1S/C15H13ClN2O2S2/c1-3-18-13-9(20-2)5-4-6-10(13)22-15(18)17-14(19)11-7-8-12(16)21-11/h4-8H,3H2,1-2H3. The molecule has 0 unspecified atom stereocenters. The van der Waals surface area contributed by atoms with Gasteiger partial charge < -0.3 is 9.30 Å². The number of fused-ring (bicyclic) bond motifs is 1. The van der Waals surface area contributed by atoms with E-state index < -0.39 is 0 Å². The summed E-state index contributed by atoms with van der Waals surface area (Å²) in [5.41, 5.74) is 0.966. The molecule has 0 fully saturated rings. The first-order chi connectivity index (χ1) is 10.6. The third-order valence-electron chi connectivity index (χ3n) is 3.18. The van der Waals surface area contributed by atoms with Crippen molar-refractivity contribution < 1.29 is 9.53 Å². The molecule has 0 aliphatic heterocycles. The van der Waals surface area contributed by atoms with Crippen molar-refractivity contribution in [3.8, 4) is 5.75 Å². The van der Waals surface area contributed by atoms with Crippen molar-refractivity contribution in [1.82, 2.24) is 4.57 Å². The zero-order valence-corrected chi connectivity index (χ0v) is 14.4. The minimum absolute atomic E-state index is 0.273. The van der Waals surface area contributed by atoms with Crippen LogP contribution in [0, 0.1) is 0 Å². The Labute approximate surface area is 140 Å². The molecule has 0 spiro atoms. The zero-order valence-electron chi connectivity index (χ0n) is 12.0. The van der Waals surface area contributed by atoms with Crippen LogP contribution in [0.15, 0.2) is 35.3 Å². The van der Waals surface area contributed by atoms with Crippen LogP contribution in [0.5, 0.6) is 5.75 Å². The molecule has 0 saturated heterocycles. The number of para-hydroxylation sites is 1. The molecule has 2 aromatic heterocycles. The summed E-state index contributed by atoms with van der Waals surface area (Å²) in [5.74, 6) is 0.508. The molecule has 0 bridgehead atoms. The van der Waals surface area contributed by atoms with Gasteiger partial charge >= 0.3 is 0 Å². The van der Waals surface area contributed by atoms with E-state index in [0.717, 1.165) is 16.0 Å². The van der Waals surface area contributed by atoms with Crippen LogP contribution in [0.3, 0.4) is 0 Å². The SMILES string of the molecule is CCn1c(=NC(=O)c2ccc(Cl)s2)sc2cccc(OC)c21. The van der Waals surface area contributed by atoms with Gasteiger partial charge in [0.1, 0.15) is 11.3 Å². The number of amides is 1. The lowest BCUT2D eigenvalue weighted by Gasteiger charge is -2.05. The van der Waals surface area contributed by atoms with Crippen LogP contribution in [-0.4, -0.2) is 17.6 Å². The van der Waals surface area contributed by atoms with E-state index in [1.165, 1.54) is 22.7 Å². The van der Waals surface area contributed by atoms with E-state index in [4.69, 9.17) is 16.3 Å². The largest absolute Gasteiger partial charge is 0.495 e. The Morgan fingerprint density at radius 2 is 2.14 bits per heavy atom. The fourth-order valence-electron chi connectivity index (χ4n) is 2.21. The van der Waals surface area contributed by atoms with Gasteiger partial charge in [0, 0.05) is 6.54 Å². The van der Waals surface area contributed by atoms with Crippen LogP contribution in [-0.2, 0) is 6.54 Å². The summed E-state index contributed by atoms with van der Waals surface area (Å²) in [7, 11) is 1.64. The highest BCUT2D eigenvalue weighted by atomic mass is 35.5. The second-order valence-corrected chi connectivity index (χ2v) is 7.18. The first kappa shape index (κ1) is 15.3. The molecule has 7 heteroatoms. The summed E-state index contributed by atoms with van der Waals surface area (Å²) in [6.45, 7) is 2.72. The maximum Gasteiger partial charge on any atom is 0.289 e. The summed E-state index contributed by atoms with van der Waals surface area (Å²) in [6.07, 6.45) is 0. The predicted octanol–water partition coefficient (Wildman–Crippen LogP) is 4.19. The fourth-order valence-corrected chi connectivity index (χ4v) is 4.25. The molecule has 2 heterocycles. The van der Waals surface area contributed by atoms with Gasteiger partial charge in [-0.1, -0.05) is 29.0 Å². The van der Waals surface area contributed by atoms with E-state index in [1.807, 2.05) is 29.7 Å². The first-order valence-corrected chi connectivity index (χ1v) is 8.66. The number of benzene rings is 1. The normalized spacial score (nSPS) is 12.0. The zero-order chi connectivity index (χ0) is 15.7. The number of halogens is 1. The molecule has 0 N–H and O–H groups in total. The summed E-state index contributed by atoms with van der Waals surface area (Å²) in [6, 6.07) is 9.24. The van der Waals surface area contributed by atoms with Gasteiger partial charge in [-0.15, -0.1) is 11.3 Å². The van der Waals surface area contributed by atoms with E-state index in [9.17, 15) is 4.79 Å². The van der Waals surface area contributed by atoms with Gasteiger partial charge in [-0.05, 0) is 31.2 Å². The Balaban J connectivity index is 2.18. The Bertz CT molecular complexity index is 908. The number of nitrogens with zero attached hydrogens (tertiary/aromatic N) is 2. The minimum Gasteiger partial charge on any atom is -0.495 e. The number of ether oxygens (including phenoxy) is 1. The van der Waals surface area contributed by atoms with Gasteiger partial charge in [-0.25, -0.2) is 0 Å². The molecule has 22 heavy (non-hydrogen) atoms. The average molecular weight is 353 g/mol. The van der Waals surface area contributed by atoms with Crippen molar-refractivity contribution >= 4 is 50.4 Å². The molecule has 114 valence electrons.